The van der Waals surface area contributed by atoms with Gasteiger partial charge in [-0.05, 0) is 37.3 Å². The predicted molar refractivity (Wildman–Crippen MR) is 109 cm³/mol. The maximum Gasteiger partial charge on any atom is 0.418 e. The lowest BCUT2D eigenvalue weighted by atomic mass is 10.1. The molecule has 11 heteroatoms. The molecule has 4 aromatic rings. The van der Waals surface area contributed by atoms with Crippen LogP contribution in [0.5, 0.6) is 0 Å². The number of rotatable bonds is 4. The van der Waals surface area contributed by atoms with Crippen molar-refractivity contribution in [3.8, 4) is 0 Å². The normalized spacial score (nSPS) is 11.6. The van der Waals surface area contributed by atoms with Crippen LogP contribution in [0, 0.1) is 6.92 Å². The number of carbonyl (C=O) groups excluding carboxylic acids is 2. The molecule has 0 bridgehead atoms. The molecule has 0 unspecified atom stereocenters. The Balaban J connectivity index is 1.61. The molecule has 3 aromatic heterocycles. The lowest BCUT2D eigenvalue weighted by molar-refractivity contribution is -0.136. The summed E-state index contributed by atoms with van der Waals surface area (Å²) in [6.45, 7) is 1.79. The van der Waals surface area contributed by atoms with Crippen LogP contribution < -0.4 is 10.6 Å². The molecule has 0 atom stereocenters. The van der Waals surface area contributed by atoms with E-state index in [9.17, 15) is 22.8 Å². The largest absolute Gasteiger partial charge is 0.472 e. The summed E-state index contributed by atoms with van der Waals surface area (Å²) in [5.41, 5.74) is -0.669. The van der Waals surface area contributed by atoms with Gasteiger partial charge in [0.25, 0.3) is 11.8 Å². The van der Waals surface area contributed by atoms with Crippen molar-refractivity contribution in [1.29, 1.82) is 0 Å². The Kier molecular flexibility index (Phi) is 5.05. The van der Waals surface area contributed by atoms with Gasteiger partial charge < -0.3 is 15.1 Å². The first-order valence-corrected chi connectivity index (χ1v) is 9.74. The standard InChI is InChI=1S/C20H15F3N4O3S/c1-10-13-8-16(31-19(13)27(2)26-10)18(29)25-15-4-3-12(7-14(15)20(21,22)23)24-17(28)11-5-6-30-9-11/h3-9H,1-2H3,(H,24,28)(H,25,29). The molecule has 0 aliphatic carbocycles. The van der Waals surface area contributed by atoms with Gasteiger partial charge in [0.15, 0.2) is 0 Å². The number of carbonyl (C=O) groups is 2. The Labute approximate surface area is 177 Å². The van der Waals surface area contributed by atoms with Crippen LogP contribution >= 0.6 is 11.3 Å². The lowest BCUT2D eigenvalue weighted by Crippen LogP contribution is -2.17. The van der Waals surface area contributed by atoms with Crippen molar-refractivity contribution >= 4 is 44.7 Å². The van der Waals surface area contributed by atoms with E-state index in [2.05, 4.69) is 15.7 Å². The van der Waals surface area contributed by atoms with Gasteiger partial charge in [-0.1, -0.05) is 0 Å². The van der Waals surface area contributed by atoms with E-state index >= 15 is 0 Å². The number of anilines is 2. The highest BCUT2D eigenvalue weighted by atomic mass is 32.1. The summed E-state index contributed by atoms with van der Waals surface area (Å²) in [4.78, 5) is 25.7. The molecule has 0 saturated carbocycles. The molecule has 0 saturated heterocycles. The molecule has 0 spiro atoms. The van der Waals surface area contributed by atoms with Crippen molar-refractivity contribution in [3.63, 3.8) is 0 Å². The SMILES string of the molecule is Cc1nn(C)c2sc(C(=O)Nc3ccc(NC(=O)c4ccoc4)cc3C(F)(F)F)cc12. The van der Waals surface area contributed by atoms with Crippen LogP contribution in [0.2, 0.25) is 0 Å². The molecule has 0 radical (unpaired) electrons. The van der Waals surface area contributed by atoms with E-state index in [1.165, 1.54) is 24.7 Å². The van der Waals surface area contributed by atoms with Gasteiger partial charge in [-0.15, -0.1) is 11.3 Å². The second kappa shape index (κ2) is 7.58. The molecule has 2 N–H and O–H groups in total. The minimum atomic E-state index is -4.75. The van der Waals surface area contributed by atoms with Crippen molar-refractivity contribution < 1.29 is 27.2 Å². The van der Waals surface area contributed by atoms with Crippen LogP contribution in [-0.2, 0) is 13.2 Å². The van der Waals surface area contributed by atoms with Crippen LogP contribution in [0.4, 0.5) is 24.5 Å². The van der Waals surface area contributed by atoms with Crippen LogP contribution in [0.15, 0.2) is 47.3 Å². The molecule has 1 aromatic carbocycles. The molecule has 31 heavy (non-hydrogen) atoms. The highest BCUT2D eigenvalue weighted by Crippen LogP contribution is 2.37. The second-order valence-corrected chi connectivity index (χ2v) is 7.75. The molecule has 7 nitrogen and oxygen atoms in total. The molecule has 2 amide bonds. The number of hydrogen-bond donors (Lipinski definition) is 2. The number of aromatic nitrogens is 2. The monoisotopic (exact) mass is 448 g/mol. The van der Waals surface area contributed by atoms with Gasteiger partial charge in [-0.2, -0.15) is 18.3 Å². The molecule has 3 heterocycles. The first-order valence-electron chi connectivity index (χ1n) is 8.93. The fraction of sp³-hybridized carbons (Fsp3) is 0.150. The summed E-state index contributed by atoms with van der Waals surface area (Å²) in [6, 6.07) is 6.14. The molecular formula is C20H15F3N4O3S. The number of benzene rings is 1. The molecule has 0 fully saturated rings. The Hall–Kier alpha value is -3.60. The summed E-state index contributed by atoms with van der Waals surface area (Å²) < 4.78 is 47.3. The number of halogens is 3. The van der Waals surface area contributed by atoms with E-state index < -0.39 is 29.2 Å². The van der Waals surface area contributed by atoms with E-state index in [-0.39, 0.29) is 16.1 Å². The van der Waals surface area contributed by atoms with Crippen molar-refractivity contribution in [1.82, 2.24) is 9.78 Å². The average Bonchev–Trinajstić information content (AvgIpc) is 3.42. The number of nitrogens with one attached hydrogen (secondary N) is 2. The molecule has 4 rings (SSSR count). The van der Waals surface area contributed by atoms with Gasteiger partial charge in [0.2, 0.25) is 0 Å². The minimum absolute atomic E-state index is 0.0694. The zero-order valence-electron chi connectivity index (χ0n) is 16.2. The first-order chi connectivity index (χ1) is 14.6. The van der Waals surface area contributed by atoms with E-state index in [0.29, 0.717) is 0 Å². The van der Waals surface area contributed by atoms with Crippen molar-refractivity contribution in [3.05, 3.63) is 64.6 Å². The summed E-state index contributed by atoms with van der Waals surface area (Å²) in [7, 11) is 1.73. The van der Waals surface area contributed by atoms with Gasteiger partial charge in [0, 0.05) is 18.1 Å². The zero-order valence-corrected chi connectivity index (χ0v) is 17.0. The minimum Gasteiger partial charge on any atom is -0.472 e. The number of alkyl halides is 3. The number of hydrogen-bond acceptors (Lipinski definition) is 5. The smallest absolute Gasteiger partial charge is 0.418 e. The van der Waals surface area contributed by atoms with Crippen LogP contribution in [0.1, 0.15) is 31.3 Å². The third-order valence-electron chi connectivity index (χ3n) is 4.53. The Morgan fingerprint density at radius 1 is 1.13 bits per heavy atom. The number of fused-ring (bicyclic) bond motifs is 1. The average molecular weight is 448 g/mol. The lowest BCUT2D eigenvalue weighted by Gasteiger charge is -2.15. The molecular weight excluding hydrogens is 433 g/mol. The summed E-state index contributed by atoms with van der Waals surface area (Å²) in [5, 5.41) is 9.71. The highest BCUT2D eigenvalue weighted by Gasteiger charge is 2.34. The predicted octanol–water partition coefficient (Wildman–Crippen LogP) is 5.06. The Bertz CT molecular complexity index is 1250. The number of furan rings is 1. The van der Waals surface area contributed by atoms with Crippen molar-refractivity contribution in [2.24, 2.45) is 7.05 Å². The summed E-state index contributed by atoms with van der Waals surface area (Å²) in [6.07, 6.45) is -2.29. The second-order valence-electron chi connectivity index (χ2n) is 6.72. The van der Waals surface area contributed by atoms with Gasteiger partial charge >= 0.3 is 6.18 Å². The van der Waals surface area contributed by atoms with Gasteiger partial charge in [0.1, 0.15) is 11.1 Å². The maximum atomic E-state index is 13.6. The van der Waals surface area contributed by atoms with E-state index in [0.717, 1.165) is 39.4 Å². The third-order valence-corrected chi connectivity index (χ3v) is 5.74. The van der Waals surface area contributed by atoms with E-state index in [1.54, 1.807) is 24.7 Å². The fourth-order valence-electron chi connectivity index (χ4n) is 3.06. The molecule has 0 aliphatic rings. The first kappa shape index (κ1) is 20.7. The highest BCUT2D eigenvalue weighted by molar-refractivity contribution is 7.20. The molecule has 0 aliphatic heterocycles. The van der Waals surface area contributed by atoms with Gasteiger partial charge in [0.05, 0.1) is 33.6 Å². The summed E-state index contributed by atoms with van der Waals surface area (Å²) in [5.74, 6) is -1.28. The van der Waals surface area contributed by atoms with Crippen LogP contribution in [0.3, 0.4) is 0 Å². The Morgan fingerprint density at radius 2 is 1.90 bits per heavy atom. The van der Waals surface area contributed by atoms with Gasteiger partial charge in [-0.3, -0.25) is 14.3 Å². The van der Waals surface area contributed by atoms with Crippen LogP contribution in [-0.4, -0.2) is 21.6 Å². The van der Waals surface area contributed by atoms with Crippen molar-refractivity contribution in [2.45, 2.75) is 13.1 Å². The Morgan fingerprint density at radius 3 is 2.55 bits per heavy atom. The number of aryl methyl sites for hydroxylation is 2. The van der Waals surface area contributed by atoms with Crippen LogP contribution in [0.25, 0.3) is 10.2 Å². The zero-order chi connectivity index (χ0) is 22.3. The number of amides is 2. The van der Waals surface area contributed by atoms with E-state index in [4.69, 9.17) is 4.42 Å². The topological polar surface area (TPSA) is 89.2 Å². The fourth-order valence-corrected chi connectivity index (χ4v) is 4.08. The third kappa shape index (κ3) is 4.04. The quantitative estimate of drug-likeness (QED) is 0.457. The summed E-state index contributed by atoms with van der Waals surface area (Å²) >= 11 is 1.14. The number of nitrogens with zero attached hydrogens (tertiary/aromatic N) is 2. The number of thiophene rings is 1. The van der Waals surface area contributed by atoms with E-state index in [1.807, 2.05) is 0 Å². The van der Waals surface area contributed by atoms with Crippen molar-refractivity contribution in [2.75, 3.05) is 10.6 Å². The van der Waals surface area contributed by atoms with Gasteiger partial charge in [-0.25, -0.2) is 0 Å². The maximum absolute atomic E-state index is 13.6. The molecule has 160 valence electrons.